The minimum atomic E-state index is -2.33. The molecule has 0 spiro atoms. The van der Waals surface area contributed by atoms with Crippen LogP contribution in [-0.2, 0) is 51.5 Å². The summed E-state index contributed by atoms with van der Waals surface area (Å²) in [5.74, 6) is 0. The molecular weight excluding hydrogens is 1240 g/mol. The van der Waals surface area contributed by atoms with E-state index >= 15 is 0 Å². The van der Waals surface area contributed by atoms with Crippen LogP contribution < -0.4 is 53.9 Å². The molecule has 0 bridgehead atoms. The third-order valence-corrected chi connectivity index (χ3v) is 16.2. The van der Waals surface area contributed by atoms with Crippen LogP contribution >= 0.6 is 0 Å². The molecule has 0 atom stereocenters. The van der Waals surface area contributed by atoms with E-state index in [2.05, 4.69) is 311 Å². The number of carbonyl (C=O) groups is 1. The summed E-state index contributed by atoms with van der Waals surface area (Å²) in [4.78, 5) is 26.9. The molecule has 0 unspecified atom stereocenters. The fraction of sp³-hybridized carbons (Fsp3) is 0.208. The molecule has 3 N–H and O–H groups in total. The van der Waals surface area contributed by atoms with Crippen LogP contribution in [-0.4, -0.2) is 114 Å². The quantitative estimate of drug-likeness (QED) is 0.0996. The van der Waals surface area contributed by atoms with Gasteiger partial charge in [-0.2, -0.15) is 54.2 Å². The normalized spacial score (nSPS) is 12.9. The number of likely N-dealkylation sites (N-methyl/N-ethyl adjacent to an activating group) is 2. The maximum atomic E-state index is 8.33. The summed E-state index contributed by atoms with van der Waals surface area (Å²) < 4.78 is 0. The Morgan fingerprint density at radius 2 is 0.559 bits per heavy atom. The molecule has 2 aliphatic heterocycles. The first kappa shape index (κ1) is 78.5. The number of benzene rings is 8. The molecule has 10 aromatic rings. The van der Waals surface area contributed by atoms with Gasteiger partial charge in [0.1, 0.15) is 12.3 Å². The average Bonchev–Trinajstić information content (AvgIpc) is 0.933. The molecule has 2 aliphatic rings. The predicted octanol–water partition coefficient (Wildman–Crippen LogP) is 6.25. The fourth-order valence-corrected chi connectivity index (χ4v) is 12.2. The summed E-state index contributed by atoms with van der Waals surface area (Å²) in [6.45, 7) is 14.3. The van der Waals surface area contributed by atoms with E-state index in [9.17, 15) is 0 Å². The van der Waals surface area contributed by atoms with Crippen LogP contribution in [0.25, 0.3) is 0 Å². The Kier molecular flexibility index (Phi) is 37.7. The van der Waals surface area contributed by atoms with E-state index in [0.29, 0.717) is 0 Å². The summed E-state index contributed by atoms with van der Waals surface area (Å²) >= 11 is 0. The Hall–Kier alpha value is -8.77. The molecule has 0 amide bonds. The molecule has 2 saturated heterocycles. The zero-order chi connectivity index (χ0) is 63.9. The zero-order valence-corrected chi connectivity index (χ0v) is 55.8. The standard InChI is InChI=1S/2C24H20B.2C12H19N3.2C2H3N.CH2O3.2Ni.H2O/c2*1-5-13-21(14-6-1)25(22-15-7-2-8-16-22,23-17-9-3-10-18-23)24-19-11-4-12-20-24;2*1-14-7-4-8-15(10-9-14)11-12-5-2-3-6-13-12;2*1-2-3;2-1(3)4;;;/h2*1-20H;2*2-3,5-6H,4,7-11H2,1H3;2*1H3;(H2,2,3,4);;;1H2/q2*-1;;;;;;2*+2;/p-1. The van der Waals surface area contributed by atoms with Gasteiger partial charge >= 0.3 is 33.0 Å². The molecule has 12 rings (SSSR count). The molecular formula is C77H87B2N8Ni2O4+. The number of carbonyl (C=O) groups excluding carboxylic acids is 1. The van der Waals surface area contributed by atoms with Gasteiger partial charge in [0.15, 0.2) is 0 Å². The van der Waals surface area contributed by atoms with Crippen molar-refractivity contribution in [1.29, 1.82) is 10.5 Å². The molecule has 0 aliphatic carbocycles. The van der Waals surface area contributed by atoms with E-state index in [1.165, 1.54) is 121 Å². The summed E-state index contributed by atoms with van der Waals surface area (Å²) in [7, 11) is 4.40. The summed E-state index contributed by atoms with van der Waals surface area (Å²) in [5, 5.41) is 31.3. The summed E-state index contributed by atoms with van der Waals surface area (Å²) in [6, 6.07) is 103. The second kappa shape index (κ2) is 44.7. The molecule has 93 heavy (non-hydrogen) atoms. The third-order valence-electron chi connectivity index (χ3n) is 16.2. The van der Waals surface area contributed by atoms with Crippen LogP contribution in [0.4, 0.5) is 4.79 Å². The van der Waals surface area contributed by atoms with Crippen molar-refractivity contribution in [3.63, 3.8) is 0 Å². The fourth-order valence-electron chi connectivity index (χ4n) is 12.2. The van der Waals surface area contributed by atoms with E-state index in [-0.39, 0.29) is 38.5 Å². The van der Waals surface area contributed by atoms with Gasteiger partial charge in [0.25, 0.3) is 0 Å². The van der Waals surface area contributed by atoms with Gasteiger partial charge in [-0.3, -0.25) is 19.8 Å². The average molecular weight is 1330 g/mol. The Morgan fingerprint density at radius 3 is 0.742 bits per heavy atom. The first-order chi connectivity index (χ1) is 44.1. The van der Waals surface area contributed by atoms with Crippen molar-refractivity contribution >= 4 is 62.1 Å². The van der Waals surface area contributed by atoms with E-state index in [4.69, 9.17) is 25.5 Å². The molecule has 8 aromatic carbocycles. The van der Waals surface area contributed by atoms with Crippen molar-refractivity contribution in [3.8, 4) is 12.1 Å². The van der Waals surface area contributed by atoms with Gasteiger partial charge in [-0.05, 0) is 83.5 Å². The van der Waals surface area contributed by atoms with Crippen LogP contribution in [0.1, 0.15) is 38.1 Å². The maximum Gasteiger partial charge on any atom is 2.00 e. The number of hydrogen-bond acceptors (Lipinski definition) is 11. The van der Waals surface area contributed by atoms with Gasteiger partial charge in [0.2, 0.25) is 0 Å². The second-order valence-electron chi connectivity index (χ2n) is 22.2. The summed E-state index contributed by atoms with van der Waals surface area (Å²) in [5.41, 5.74) is 13.1. The minimum absolute atomic E-state index is 0. The number of hydrogen-bond donors (Lipinski definition) is 0. The number of rotatable bonds is 12. The molecule has 12 nitrogen and oxygen atoms in total. The Morgan fingerprint density at radius 1 is 0.366 bits per heavy atom. The second-order valence-corrected chi connectivity index (χ2v) is 22.2. The predicted molar refractivity (Wildman–Crippen MR) is 376 cm³/mol. The largest absolute Gasteiger partial charge is 2.00 e. The van der Waals surface area contributed by atoms with Gasteiger partial charge < -0.3 is 30.3 Å². The van der Waals surface area contributed by atoms with E-state index in [0.717, 1.165) is 26.2 Å². The van der Waals surface area contributed by atoms with Crippen LogP contribution in [0, 0.1) is 22.7 Å². The molecule has 16 heteroatoms. The molecule has 0 saturated carbocycles. The molecule has 2 fully saturated rings. The van der Waals surface area contributed by atoms with Gasteiger partial charge in [-0.15, -0.1) is 0 Å². The maximum absolute atomic E-state index is 8.33. The molecule has 2 aromatic heterocycles. The first-order valence-electron chi connectivity index (χ1n) is 31.0. The van der Waals surface area contributed by atoms with Crippen LogP contribution in [0.2, 0.25) is 0 Å². The van der Waals surface area contributed by atoms with E-state index in [1.54, 1.807) is 12.1 Å². The SMILES string of the molecule is CC#N.CC#N.CN1CCCN(Cc2ccccn2)CC1.CN1CCCN(Cc2ccccn2)CC1.O=C([O-])[O-].[Ni+2].[Ni+2].[OH3+].c1ccc([B-](c2ccccc2)(c2ccccc2)c2ccccc2)cc1.c1ccc([B-](c2ccccc2)(c2ccccc2)c2ccccc2)cc1. The van der Waals surface area contributed by atoms with Gasteiger partial charge in [-0.1, -0.05) is 255 Å². The topological polar surface area (TPSA) is 183 Å². The first-order valence-corrected chi connectivity index (χ1v) is 31.0. The van der Waals surface area contributed by atoms with Crippen molar-refractivity contribution in [1.82, 2.24) is 29.6 Å². The Bertz CT molecular complexity index is 3030. The molecule has 0 radical (unpaired) electrons. The van der Waals surface area contributed by atoms with Gasteiger partial charge in [-0.25, -0.2) is 0 Å². The van der Waals surface area contributed by atoms with Crippen molar-refractivity contribution < 1.29 is 53.5 Å². The minimum Gasteiger partial charge on any atom is -0.652 e. The van der Waals surface area contributed by atoms with Crippen molar-refractivity contribution in [2.24, 2.45) is 0 Å². The van der Waals surface area contributed by atoms with Crippen molar-refractivity contribution in [2.75, 3.05) is 66.5 Å². The summed E-state index contributed by atoms with van der Waals surface area (Å²) in [6.07, 6.45) is 1.52. The number of carboxylic acid groups (broad SMARTS) is 2. The van der Waals surface area contributed by atoms with Crippen LogP contribution in [0.3, 0.4) is 0 Å². The number of nitrogens with zero attached hydrogens (tertiary/aromatic N) is 8. The molecule has 4 heterocycles. The van der Waals surface area contributed by atoms with Crippen molar-refractivity contribution in [2.45, 2.75) is 39.8 Å². The van der Waals surface area contributed by atoms with E-state index in [1.807, 2.05) is 24.5 Å². The van der Waals surface area contributed by atoms with Gasteiger partial charge in [0.05, 0.1) is 23.5 Å². The Balaban J connectivity index is 0.000000312. The van der Waals surface area contributed by atoms with Crippen LogP contribution in [0.15, 0.2) is 291 Å². The molecule has 484 valence electrons. The number of pyridine rings is 2. The van der Waals surface area contributed by atoms with Gasteiger partial charge in [0, 0.05) is 65.5 Å². The smallest absolute Gasteiger partial charge is 0.652 e. The Labute approximate surface area is 573 Å². The zero-order valence-electron chi connectivity index (χ0n) is 53.9. The monoisotopic (exact) mass is 1330 g/mol. The van der Waals surface area contributed by atoms with Crippen LogP contribution in [0.5, 0.6) is 0 Å². The number of aromatic nitrogens is 2. The van der Waals surface area contributed by atoms with Crippen molar-refractivity contribution in [3.05, 3.63) is 303 Å². The number of nitriles is 2. The van der Waals surface area contributed by atoms with E-state index < -0.39 is 18.4 Å². The third kappa shape index (κ3) is 24.7.